The summed E-state index contributed by atoms with van der Waals surface area (Å²) >= 11 is 17.8. The minimum Gasteiger partial charge on any atom is -0.322 e. The third-order valence-corrected chi connectivity index (χ3v) is 5.97. The van der Waals surface area contributed by atoms with E-state index in [1.54, 1.807) is 59.3 Å². The quantitative estimate of drug-likeness (QED) is 0.132. The van der Waals surface area contributed by atoms with Crippen LogP contribution >= 0.6 is 34.8 Å². The maximum Gasteiger partial charge on any atom is 0.256 e. The molecule has 5 rings (SSSR count). The molecule has 190 valence electrons. The predicted molar refractivity (Wildman–Crippen MR) is 146 cm³/mol. The molecule has 12 heteroatoms. The number of carbonyl (C=O) groups excluding carboxylic acids is 1. The number of fused-ring (bicyclic) bond motifs is 1. The Hall–Kier alpha value is -4.14. The molecule has 7 nitrogen and oxygen atoms in total. The lowest BCUT2D eigenvalue weighted by atomic mass is 10.1. The molecule has 0 fully saturated rings. The summed E-state index contributed by atoms with van der Waals surface area (Å²) in [7, 11) is 0. The second-order valence-corrected chi connectivity index (χ2v) is 8.88. The van der Waals surface area contributed by atoms with Gasteiger partial charge >= 0.3 is 0 Å². The molecule has 0 bridgehead atoms. The van der Waals surface area contributed by atoms with Crippen LogP contribution < -0.4 is 5.32 Å². The molecule has 0 saturated carbocycles. The number of rotatable bonds is 4. The number of halogens is 5. The Labute approximate surface area is 229 Å². The van der Waals surface area contributed by atoms with Crippen molar-refractivity contribution in [2.45, 2.75) is 0 Å². The van der Waals surface area contributed by atoms with Crippen molar-refractivity contribution >= 4 is 63.0 Å². The van der Waals surface area contributed by atoms with Gasteiger partial charge in [-0.3, -0.25) is 4.79 Å². The van der Waals surface area contributed by atoms with Crippen molar-refractivity contribution in [2.24, 2.45) is 5.11 Å². The molecule has 0 radical (unpaired) electrons. The van der Waals surface area contributed by atoms with Crippen LogP contribution in [-0.2, 0) is 0 Å². The highest BCUT2D eigenvalue weighted by Gasteiger charge is 2.12. The number of azide groups is 1. The van der Waals surface area contributed by atoms with Crippen molar-refractivity contribution in [3.05, 3.63) is 128 Å². The fourth-order valence-electron chi connectivity index (χ4n) is 3.34. The zero-order valence-corrected chi connectivity index (χ0v) is 21.4. The lowest BCUT2D eigenvalue weighted by Crippen LogP contribution is -2.12. The van der Waals surface area contributed by atoms with E-state index in [0.29, 0.717) is 31.8 Å². The van der Waals surface area contributed by atoms with Gasteiger partial charge < -0.3 is 5.32 Å². The van der Waals surface area contributed by atoms with Gasteiger partial charge in [0.1, 0.15) is 16.8 Å². The topological polar surface area (TPSA) is 95.7 Å². The van der Waals surface area contributed by atoms with Crippen molar-refractivity contribution < 1.29 is 13.6 Å². The van der Waals surface area contributed by atoms with E-state index >= 15 is 0 Å². The fraction of sp³-hybridized carbons (Fsp3) is 0. The Morgan fingerprint density at radius 1 is 0.868 bits per heavy atom. The van der Waals surface area contributed by atoms with Crippen molar-refractivity contribution in [3.8, 4) is 5.69 Å². The lowest BCUT2D eigenvalue weighted by molar-refractivity contribution is 0.102. The minimum absolute atomic E-state index is 0.0704. The van der Waals surface area contributed by atoms with Crippen LogP contribution in [0, 0.1) is 11.6 Å². The van der Waals surface area contributed by atoms with Crippen molar-refractivity contribution in [2.75, 3.05) is 5.32 Å². The summed E-state index contributed by atoms with van der Waals surface area (Å²) in [6.45, 7) is 0. The number of benzene rings is 4. The molecule has 0 unspecified atom stereocenters. The van der Waals surface area contributed by atoms with Crippen LogP contribution in [0.1, 0.15) is 10.4 Å². The summed E-state index contributed by atoms with van der Waals surface area (Å²) in [5.41, 5.74) is 10.3. The molecule has 0 aliphatic rings. The highest BCUT2D eigenvalue weighted by atomic mass is 35.5. The van der Waals surface area contributed by atoms with Crippen LogP contribution in [0.2, 0.25) is 15.2 Å². The van der Waals surface area contributed by atoms with Gasteiger partial charge in [-0.05, 0) is 84.4 Å². The average Bonchev–Trinajstić information content (AvgIpc) is 3.22. The Balaban J connectivity index is 0.000000178. The Morgan fingerprint density at radius 2 is 1.47 bits per heavy atom. The summed E-state index contributed by atoms with van der Waals surface area (Å²) in [5, 5.41) is 12.5. The van der Waals surface area contributed by atoms with E-state index in [0.717, 1.165) is 17.8 Å². The van der Waals surface area contributed by atoms with E-state index in [9.17, 15) is 13.6 Å². The normalized spacial score (nSPS) is 10.3. The van der Waals surface area contributed by atoms with E-state index in [2.05, 4.69) is 20.4 Å². The van der Waals surface area contributed by atoms with Gasteiger partial charge in [0.25, 0.3) is 5.91 Å². The summed E-state index contributed by atoms with van der Waals surface area (Å²) in [5.74, 6) is -1.43. The first-order valence-electron chi connectivity index (χ1n) is 10.8. The Kier molecular flexibility index (Phi) is 8.45. The molecule has 0 saturated heterocycles. The van der Waals surface area contributed by atoms with Gasteiger partial charge in [-0.2, -0.15) is 5.10 Å². The van der Waals surface area contributed by atoms with Gasteiger partial charge in [0.05, 0.1) is 16.9 Å². The molecule has 0 aliphatic heterocycles. The number of amides is 1. The fourth-order valence-corrected chi connectivity index (χ4v) is 3.89. The Morgan fingerprint density at radius 3 is 2.13 bits per heavy atom. The molecular formula is C26H15Cl3F2N6O. The van der Waals surface area contributed by atoms with Crippen LogP contribution in [0.3, 0.4) is 0 Å². The van der Waals surface area contributed by atoms with Crippen molar-refractivity contribution in [3.63, 3.8) is 0 Å². The average molecular weight is 572 g/mol. The van der Waals surface area contributed by atoms with Crippen LogP contribution in [-0.4, -0.2) is 15.7 Å². The Bertz CT molecular complexity index is 1670. The lowest BCUT2D eigenvalue weighted by Gasteiger charge is -2.07. The summed E-state index contributed by atoms with van der Waals surface area (Å²) < 4.78 is 27.8. The molecule has 1 heterocycles. The first kappa shape index (κ1) is 26.9. The largest absolute Gasteiger partial charge is 0.322 e. The molecule has 38 heavy (non-hydrogen) atoms. The molecule has 1 aromatic heterocycles. The highest BCUT2D eigenvalue weighted by Crippen LogP contribution is 2.27. The maximum atomic E-state index is 13.1. The molecular weight excluding hydrogens is 557 g/mol. The van der Waals surface area contributed by atoms with Gasteiger partial charge in [0, 0.05) is 37.7 Å². The first-order chi connectivity index (χ1) is 18.2. The number of nitrogens with one attached hydrogen (secondary N) is 1. The second-order valence-electron chi connectivity index (χ2n) is 7.65. The maximum absolute atomic E-state index is 13.1. The van der Waals surface area contributed by atoms with Gasteiger partial charge in [-0.1, -0.05) is 39.9 Å². The molecule has 0 spiro atoms. The van der Waals surface area contributed by atoms with Crippen LogP contribution in [0.25, 0.3) is 27.0 Å². The zero-order chi connectivity index (χ0) is 27.2. The van der Waals surface area contributed by atoms with E-state index in [4.69, 9.17) is 40.3 Å². The molecule has 0 aliphatic carbocycles. The van der Waals surface area contributed by atoms with E-state index in [1.165, 1.54) is 18.2 Å². The molecule has 0 atom stereocenters. The van der Waals surface area contributed by atoms with E-state index in [1.807, 2.05) is 0 Å². The van der Waals surface area contributed by atoms with Gasteiger partial charge in [0.2, 0.25) is 0 Å². The number of aromatic nitrogens is 2. The van der Waals surface area contributed by atoms with Crippen LogP contribution in [0.15, 0.2) is 90.0 Å². The van der Waals surface area contributed by atoms with Gasteiger partial charge in [0.15, 0.2) is 0 Å². The highest BCUT2D eigenvalue weighted by molar-refractivity contribution is 6.34. The SMILES string of the molecule is Fc1ccc2c(Cl)n(-c3ccc(Cl)cc3)nc2c1.[N-]=[N+]=Nc1cc(F)ccc1C(=O)Nc1ccc(Cl)cc1. The summed E-state index contributed by atoms with van der Waals surface area (Å²) in [4.78, 5) is 14.6. The number of hydrogen-bond donors (Lipinski definition) is 1. The molecule has 1 amide bonds. The minimum atomic E-state index is -0.588. The standard InChI is InChI=1S/C13H7Cl2FN2.C13H8ClFN4O/c14-8-1-4-10(5-2-8)18-13(15)11-6-3-9(16)7-12(11)17-18;14-8-1-4-10(5-2-8)17-13(20)11-6-3-9(15)7-12(11)18-19-16/h1-7H;1-7H,(H,17,20). The summed E-state index contributed by atoms with van der Waals surface area (Å²) in [6.07, 6.45) is 0. The zero-order valence-electron chi connectivity index (χ0n) is 19.1. The third-order valence-electron chi connectivity index (χ3n) is 5.11. The molecule has 1 N–H and O–H groups in total. The van der Waals surface area contributed by atoms with E-state index < -0.39 is 11.7 Å². The smallest absolute Gasteiger partial charge is 0.256 e. The second kappa shape index (κ2) is 11.9. The van der Waals surface area contributed by atoms with Gasteiger partial charge in [-0.25, -0.2) is 13.5 Å². The van der Waals surface area contributed by atoms with E-state index in [-0.39, 0.29) is 17.1 Å². The number of carbonyl (C=O) groups is 1. The van der Waals surface area contributed by atoms with Crippen molar-refractivity contribution in [1.82, 2.24) is 9.78 Å². The number of hydrogen-bond acceptors (Lipinski definition) is 3. The van der Waals surface area contributed by atoms with Gasteiger partial charge in [-0.15, -0.1) is 0 Å². The first-order valence-corrected chi connectivity index (χ1v) is 11.9. The molecule has 4 aromatic carbocycles. The van der Waals surface area contributed by atoms with Crippen LogP contribution in [0.4, 0.5) is 20.2 Å². The third kappa shape index (κ3) is 6.40. The number of nitrogens with zero attached hydrogens (tertiary/aromatic N) is 5. The molecule has 5 aromatic rings. The monoisotopic (exact) mass is 570 g/mol. The van der Waals surface area contributed by atoms with Crippen molar-refractivity contribution in [1.29, 1.82) is 0 Å². The number of anilines is 1. The predicted octanol–water partition coefficient (Wildman–Crippen LogP) is 9.14. The summed E-state index contributed by atoms with van der Waals surface area (Å²) in [6, 6.07) is 21.3. The van der Waals surface area contributed by atoms with Crippen LogP contribution in [0.5, 0.6) is 0 Å².